The molecule has 0 saturated carbocycles. The predicted molar refractivity (Wildman–Crippen MR) is 77.9 cm³/mol. The van der Waals surface area contributed by atoms with Gasteiger partial charge in [-0.05, 0) is 48.7 Å². The van der Waals surface area contributed by atoms with Crippen LogP contribution < -0.4 is 10.5 Å². The van der Waals surface area contributed by atoms with E-state index in [-0.39, 0.29) is 0 Å². The minimum atomic E-state index is 0.574. The highest BCUT2D eigenvalue weighted by atomic mass is 35.5. The van der Waals surface area contributed by atoms with Gasteiger partial charge in [-0.15, -0.1) is 0 Å². The summed E-state index contributed by atoms with van der Waals surface area (Å²) in [5, 5.41) is 0.765. The Labute approximate surface area is 118 Å². The summed E-state index contributed by atoms with van der Waals surface area (Å²) in [4.78, 5) is 4.26. The zero-order valence-electron chi connectivity index (χ0n) is 10.9. The molecule has 0 radical (unpaired) electrons. The number of rotatable bonds is 5. The normalized spacial score (nSPS) is 10.5. The number of halogens is 1. The van der Waals surface area contributed by atoms with E-state index in [2.05, 4.69) is 11.9 Å². The molecule has 4 heteroatoms. The lowest BCUT2D eigenvalue weighted by atomic mass is 10.1. The molecule has 2 rings (SSSR count). The first-order valence-electron chi connectivity index (χ1n) is 6.34. The monoisotopic (exact) mass is 276 g/mol. The maximum Gasteiger partial charge on any atom is 0.219 e. The zero-order chi connectivity index (χ0) is 13.7. The Balaban J connectivity index is 2.12. The molecule has 1 aromatic heterocycles. The van der Waals surface area contributed by atoms with E-state index in [0.29, 0.717) is 12.4 Å². The fraction of sp³-hybridized carbons (Fsp3) is 0.267. The molecule has 0 spiro atoms. The number of ether oxygens (including phenoxy) is 1. The van der Waals surface area contributed by atoms with Crippen LogP contribution in [0.4, 0.5) is 0 Å². The average molecular weight is 277 g/mol. The summed E-state index contributed by atoms with van der Waals surface area (Å²) >= 11 is 6.07. The van der Waals surface area contributed by atoms with Crippen LogP contribution in [0.15, 0.2) is 36.5 Å². The van der Waals surface area contributed by atoms with Crippen LogP contribution in [0, 0.1) is 0 Å². The van der Waals surface area contributed by atoms with Crippen LogP contribution in [0.3, 0.4) is 0 Å². The summed E-state index contributed by atoms with van der Waals surface area (Å²) in [6.07, 6.45) is 3.49. The van der Waals surface area contributed by atoms with Crippen molar-refractivity contribution in [3.63, 3.8) is 0 Å². The van der Waals surface area contributed by atoms with Gasteiger partial charge in [0, 0.05) is 17.3 Å². The Bertz CT molecular complexity index is 540. The maximum absolute atomic E-state index is 6.07. The Kier molecular flexibility index (Phi) is 4.77. The number of benzene rings is 1. The molecule has 1 heterocycles. The molecule has 2 N–H and O–H groups in total. The quantitative estimate of drug-likeness (QED) is 0.908. The second-order valence-corrected chi connectivity index (χ2v) is 4.66. The molecule has 0 fully saturated rings. The number of aromatic nitrogens is 1. The molecule has 100 valence electrons. The largest absolute Gasteiger partial charge is 0.439 e. The molecule has 0 aliphatic carbocycles. The molecule has 0 amide bonds. The fourth-order valence-corrected chi connectivity index (χ4v) is 2.04. The van der Waals surface area contributed by atoms with Crippen LogP contribution >= 0.6 is 11.6 Å². The molecule has 0 aliphatic rings. The summed E-state index contributed by atoms with van der Waals surface area (Å²) in [5.41, 5.74) is 7.68. The van der Waals surface area contributed by atoms with Gasteiger partial charge in [0.1, 0.15) is 5.75 Å². The van der Waals surface area contributed by atoms with Crippen LogP contribution in [0.2, 0.25) is 5.02 Å². The molecule has 0 unspecified atom stereocenters. The van der Waals surface area contributed by atoms with E-state index in [1.165, 1.54) is 0 Å². The first-order chi connectivity index (χ1) is 9.22. The van der Waals surface area contributed by atoms with Crippen molar-refractivity contribution in [2.45, 2.75) is 19.8 Å². The Hall–Kier alpha value is -1.58. The van der Waals surface area contributed by atoms with Gasteiger partial charge in [0.05, 0.1) is 0 Å². The van der Waals surface area contributed by atoms with Crippen LogP contribution in [0.5, 0.6) is 11.6 Å². The van der Waals surface area contributed by atoms with E-state index in [9.17, 15) is 0 Å². The van der Waals surface area contributed by atoms with Crippen LogP contribution in [-0.4, -0.2) is 11.5 Å². The summed E-state index contributed by atoms with van der Waals surface area (Å²) < 4.78 is 5.71. The van der Waals surface area contributed by atoms with Crippen LogP contribution in [-0.2, 0) is 12.8 Å². The van der Waals surface area contributed by atoms with Gasteiger partial charge in [-0.3, -0.25) is 0 Å². The standard InChI is InChI=1S/C15H17ClN2O/c1-2-12-9-13(4-5-14(12)16)19-15-6-3-11(7-8-17)10-18-15/h3-6,9-10H,2,7-8,17H2,1H3. The lowest BCUT2D eigenvalue weighted by Crippen LogP contribution is -2.02. The van der Waals surface area contributed by atoms with E-state index >= 15 is 0 Å². The number of aryl methyl sites for hydroxylation is 1. The van der Waals surface area contributed by atoms with Gasteiger partial charge in [-0.25, -0.2) is 4.98 Å². The molecule has 0 saturated heterocycles. The summed E-state index contributed by atoms with van der Waals surface area (Å²) in [7, 11) is 0. The minimum absolute atomic E-state index is 0.574. The number of hydrogen-bond donors (Lipinski definition) is 1. The van der Waals surface area contributed by atoms with E-state index in [4.69, 9.17) is 22.1 Å². The smallest absolute Gasteiger partial charge is 0.219 e. The maximum atomic E-state index is 6.07. The highest BCUT2D eigenvalue weighted by Crippen LogP contribution is 2.25. The molecule has 0 aliphatic heterocycles. The van der Waals surface area contributed by atoms with Gasteiger partial charge in [0.25, 0.3) is 0 Å². The van der Waals surface area contributed by atoms with Crippen molar-refractivity contribution < 1.29 is 4.74 Å². The molecule has 2 aromatic rings. The average Bonchev–Trinajstić information content (AvgIpc) is 2.43. The molecule has 0 bridgehead atoms. The Morgan fingerprint density at radius 3 is 2.74 bits per heavy atom. The summed E-state index contributed by atoms with van der Waals surface area (Å²) in [6.45, 7) is 2.68. The second-order valence-electron chi connectivity index (χ2n) is 4.25. The van der Waals surface area contributed by atoms with Crippen molar-refractivity contribution in [3.8, 4) is 11.6 Å². The van der Waals surface area contributed by atoms with Crippen molar-refractivity contribution in [1.82, 2.24) is 4.98 Å². The minimum Gasteiger partial charge on any atom is -0.439 e. The molecule has 19 heavy (non-hydrogen) atoms. The van der Waals surface area contributed by atoms with E-state index in [1.807, 2.05) is 30.3 Å². The fourth-order valence-electron chi connectivity index (χ4n) is 1.79. The SMILES string of the molecule is CCc1cc(Oc2ccc(CCN)cn2)ccc1Cl. The molecule has 0 atom stereocenters. The van der Waals surface area contributed by atoms with Gasteiger partial charge in [0.2, 0.25) is 5.88 Å². The van der Waals surface area contributed by atoms with Crippen molar-refractivity contribution in [1.29, 1.82) is 0 Å². The van der Waals surface area contributed by atoms with Crippen molar-refractivity contribution in [2.75, 3.05) is 6.54 Å². The highest BCUT2D eigenvalue weighted by Gasteiger charge is 2.03. The van der Waals surface area contributed by atoms with Crippen LogP contribution in [0.25, 0.3) is 0 Å². The molecular formula is C15H17ClN2O. The number of nitrogens with two attached hydrogens (primary N) is 1. The van der Waals surface area contributed by atoms with Gasteiger partial charge < -0.3 is 10.5 Å². The predicted octanol–water partition coefficient (Wildman–Crippen LogP) is 3.59. The van der Waals surface area contributed by atoms with Gasteiger partial charge in [-0.2, -0.15) is 0 Å². The first kappa shape index (κ1) is 13.8. The third kappa shape index (κ3) is 3.69. The molecule has 1 aromatic carbocycles. The number of hydrogen-bond acceptors (Lipinski definition) is 3. The molecule has 3 nitrogen and oxygen atoms in total. The van der Waals surface area contributed by atoms with E-state index in [0.717, 1.165) is 34.7 Å². The van der Waals surface area contributed by atoms with Crippen LogP contribution in [0.1, 0.15) is 18.1 Å². The van der Waals surface area contributed by atoms with Gasteiger partial charge in [-0.1, -0.05) is 24.6 Å². The lowest BCUT2D eigenvalue weighted by molar-refractivity contribution is 0.462. The Morgan fingerprint density at radius 1 is 1.26 bits per heavy atom. The Morgan fingerprint density at radius 2 is 2.11 bits per heavy atom. The van der Waals surface area contributed by atoms with Crippen molar-refractivity contribution in [3.05, 3.63) is 52.7 Å². The second kappa shape index (κ2) is 6.55. The number of pyridine rings is 1. The third-order valence-corrected chi connectivity index (χ3v) is 3.22. The summed E-state index contributed by atoms with van der Waals surface area (Å²) in [5.74, 6) is 1.32. The lowest BCUT2D eigenvalue weighted by Gasteiger charge is -2.08. The topological polar surface area (TPSA) is 48.1 Å². The van der Waals surface area contributed by atoms with Gasteiger partial charge >= 0.3 is 0 Å². The van der Waals surface area contributed by atoms with Crippen molar-refractivity contribution in [2.24, 2.45) is 5.73 Å². The molecular weight excluding hydrogens is 260 g/mol. The van der Waals surface area contributed by atoms with Crippen molar-refractivity contribution >= 4 is 11.6 Å². The summed E-state index contributed by atoms with van der Waals surface area (Å²) in [6, 6.07) is 9.46. The third-order valence-electron chi connectivity index (χ3n) is 2.85. The first-order valence-corrected chi connectivity index (χ1v) is 6.72. The number of nitrogens with zero attached hydrogens (tertiary/aromatic N) is 1. The van der Waals surface area contributed by atoms with Gasteiger partial charge in [0.15, 0.2) is 0 Å². The van der Waals surface area contributed by atoms with E-state index in [1.54, 1.807) is 6.20 Å². The zero-order valence-corrected chi connectivity index (χ0v) is 11.7. The van der Waals surface area contributed by atoms with E-state index < -0.39 is 0 Å². The highest BCUT2D eigenvalue weighted by molar-refractivity contribution is 6.31.